The van der Waals surface area contributed by atoms with E-state index in [1.165, 1.54) is 6.07 Å². The minimum atomic E-state index is -1.32. The molecule has 0 aliphatic carbocycles. The number of nitrogens with zero attached hydrogens (tertiary/aromatic N) is 1. The number of carboxylic acids is 1. The summed E-state index contributed by atoms with van der Waals surface area (Å²) < 4.78 is 25.7. The first kappa shape index (κ1) is 11.5. The molecule has 1 saturated heterocycles. The van der Waals surface area contributed by atoms with E-state index in [9.17, 15) is 23.5 Å². The van der Waals surface area contributed by atoms with Crippen molar-refractivity contribution in [2.45, 2.75) is 6.42 Å². The van der Waals surface area contributed by atoms with Crippen LogP contribution in [-0.2, 0) is 9.59 Å². The van der Waals surface area contributed by atoms with E-state index in [0.29, 0.717) is 0 Å². The molecule has 1 aliphatic heterocycles. The van der Waals surface area contributed by atoms with Gasteiger partial charge in [-0.3, -0.25) is 4.79 Å². The average molecular weight is 240 g/mol. The Hall–Kier alpha value is -1.98. The van der Waals surface area contributed by atoms with E-state index in [-0.39, 0.29) is 18.7 Å². The Morgan fingerprint density at radius 2 is 2.06 bits per heavy atom. The van der Waals surface area contributed by atoms with Crippen LogP contribution < -0.4 is 10.0 Å². The Balaban J connectivity index is 2.26. The zero-order chi connectivity index (χ0) is 12.6. The first-order valence-electron chi connectivity index (χ1n) is 4.95. The third kappa shape index (κ3) is 2.11. The minimum absolute atomic E-state index is 0.0771. The van der Waals surface area contributed by atoms with Crippen LogP contribution in [0, 0.1) is 17.6 Å². The lowest BCUT2D eigenvalue weighted by Crippen LogP contribution is -2.33. The molecule has 0 saturated carbocycles. The summed E-state index contributed by atoms with van der Waals surface area (Å²) in [5.41, 5.74) is 0.151. The topological polar surface area (TPSA) is 60.4 Å². The Labute approximate surface area is 95.5 Å². The second-order valence-corrected chi connectivity index (χ2v) is 3.82. The summed E-state index contributed by atoms with van der Waals surface area (Å²) in [5.74, 6) is -4.76. The number of hydrogen-bond acceptors (Lipinski definition) is 3. The second-order valence-electron chi connectivity index (χ2n) is 3.82. The van der Waals surface area contributed by atoms with Crippen LogP contribution in [0.1, 0.15) is 6.42 Å². The third-order valence-corrected chi connectivity index (χ3v) is 2.67. The Morgan fingerprint density at radius 1 is 1.35 bits per heavy atom. The molecular formula is C11H8F2NO3-. The lowest BCUT2D eigenvalue weighted by molar-refractivity contribution is -0.310. The molecule has 1 aromatic rings. The molecule has 1 aromatic carbocycles. The number of anilines is 1. The van der Waals surface area contributed by atoms with Crippen molar-refractivity contribution < 1.29 is 23.5 Å². The molecule has 1 fully saturated rings. The van der Waals surface area contributed by atoms with Crippen molar-refractivity contribution in [3.8, 4) is 0 Å². The molecular weight excluding hydrogens is 232 g/mol. The number of amides is 1. The molecule has 1 atom stereocenters. The van der Waals surface area contributed by atoms with Crippen molar-refractivity contribution in [2.75, 3.05) is 11.4 Å². The zero-order valence-electron chi connectivity index (χ0n) is 8.65. The summed E-state index contributed by atoms with van der Waals surface area (Å²) in [6.45, 7) is -0.0771. The van der Waals surface area contributed by atoms with Gasteiger partial charge in [0.25, 0.3) is 0 Å². The summed E-state index contributed by atoms with van der Waals surface area (Å²) in [6.07, 6.45) is -0.179. The van der Waals surface area contributed by atoms with Gasteiger partial charge in [-0.05, 0) is 12.1 Å². The van der Waals surface area contributed by atoms with Crippen LogP contribution >= 0.6 is 0 Å². The molecule has 1 aliphatic rings. The molecule has 90 valence electrons. The van der Waals surface area contributed by atoms with Crippen LogP contribution in [0.5, 0.6) is 0 Å². The van der Waals surface area contributed by atoms with Crippen molar-refractivity contribution in [1.29, 1.82) is 0 Å². The first-order chi connectivity index (χ1) is 7.99. The molecule has 6 heteroatoms. The fourth-order valence-corrected chi connectivity index (χ4v) is 1.77. The van der Waals surface area contributed by atoms with Crippen molar-refractivity contribution in [2.24, 2.45) is 5.92 Å². The van der Waals surface area contributed by atoms with Gasteiger partial charge in [-0.2, -0.15) is 0 Å². The number of halogens is 2. The molecule has 0 bridgehead atoms. The fraction of sp³-hybridized carbons (Fsp3) is 0.273. The SMILES string of the molecule is O=C([O-])[C@H]1CC(=O)N(c2ccc(F)c(F)c2)C1. The van der Waals surface area contributed by atoms with Gasteiger partial charge in [0.1, 0.15) is 0 Å². The highest BCUT2D eigenvalue weighted by Crippen LogP contribution is 2.25. The van der Waals surface area contributed by atoms with E-state index in [0.717, 1.165) is 17.0 Å². The van der Waals surface area contributed by atoms with Crippen LogP contribution in [0.3, 0.4) is 0 Å². The molecule has 0 N–H and O–H groups in total. The van der Waals surface area contributed by atoms with E-state index >= 15 is 0 Å². The highest BCUT2D eigenvalue weighted by atomic mass is 19.2. The monoisotopic (exact) mass is 240 g/mol. The van der Waals surface area contributed by atoms with Gasteiger partial charge in [-0.25, -0.2) is 8.78 Å². The predicted molar refractivity (Wildman–Crippen MR) is 51.8 cm³/mol. The van der Waals surface area contributed by atoms with Crippen molar-refractivity contribution in [1.82, 2.24) is 0 Å². The summed E-state index contributed by atoms with van der Waals surface area (Å²) >= 11 is 0. The zero-order valence-corrected chi connectivity index (χ0v) is 8.65. The van der Waals surface area contributed by atoms with Crippen molar-refractivity contribution in [3.05, 3.63) is 29.8 Å². The smallest absolute Gasteiger partial charge is 0.227 e. The van der Waals surface area contributed by atoms with E-state index in [1.54, 1.807) is 0 Å². The number of benzene rings is 1. The quantitative estimate of drug-likeness (QED) is 0.734. The maximum Gasteiger partial charge on any atom is 0.227 e. The van der Waals surface area contributed by atoms with Gasteiger partial charge in [0.05, 0.1) is 0 Å². The maximum atomic E-state index is 13.0. The summed E-state index contributed by atoms with van der Waals surface area (Å²) in [5, 5.41) is 10.6. The van der Waals surface area contributed by atoms with Gasteiger partial charge in [-0.1, -0.05) is 0 Å². The number of rotatable bonds is 2. The minimum Gasteiger partial charge on any atom is -0.550 e. The summed E-state index contributed by atoms with van der Waals surface area (Å²) in [6, 6.07) is 2.99. The van der Waals surface area contributed by atoms with Crippen molar-refractivity contribution in [3.63, 3.8) is 0 Å². The molecule has 2 rings (SSSR count). The number of carbonyl (C=O) groups excluding carboxylic acids is 2. The number of hydrogen-bond donors (Lipinski definition) is 0. The Morgan fingerprint density at radius 3 is 2.59 bits per heavy atom. The van der Waals surface area contributed by atoms with Crippen molar-refractivity contribution >= 4 is 17.6 Å². The van der Waals surface area contributed by atoms with Gasteiger partial charge >= 0.3 is 0 Å². The van der Waals surface area contributed by atoms with E-state index in [1.807, 2.05) is 0 Å². The Bertz CT molecular complexity index is 490. The third-order valence-electron chi connectivity index (χ3n) is 2.67. The Kier molecular flexibility index (Phi) is 2.79. The molecule has 0 spiro atoms. The van der Waals surface area contributed by atoms with Crippen LogP contribution in [0.15, 0.2) is 18.2 Å². The van der Waals surface area contributed by atoms with Gasteiger partial charge in [-0.15, -0.1) is 0 Å². The van der Waals surface area contributed by atoms with Gasteiger partial charge < -0.3 is 14.8 Å². The number of carbonyl (C=O) groups is 2. The maximum absolute atomic E-state index is 13.0. The van der Waals surface area contributed by atoms with Crippen LogP contribution in [0.25, 0.3) is 0 Å². The fourth-order valence-electron chi connectivity index (χ4n) is 1.77. The molecule has 17 heavy (non-hydrogen) atoms. The standard InChI is InChI=1S/C11H9F2NO3/c12-8-2-1-7(4-9(8)13)14-5-6(11(16)17)3-10(14)15/h1-2,4,6H,3,5H2,(H,16,17)/p-1/t6-/m0/s1. The van der Waals surface area contributed by atoms with E-state index < -0.39 is 29.4 Å². The highest BCUT2D eigenvalue weighted by Gasteiger charge is 2.31. The normalized spacial score (nSPS) is 19.8. The number of aliphatic carboxylic acids is 1. The second kappa shape index (κ2) is 4.12. The molecule has 0 radical (unpaired) electrons. The van der Waals surface area contributed by atoms with Crippen LogP contribution in [0.4, 0.5) is 14.5 Å². The molecule has 0 unspecified atom stereocenters. The first-order valence-corrected chi connectivity index (χ1v) is 4.95. The highest BCUT2D eigenvalue weighted by molar-refractivity contribution is 5.98. The van der Waals surface area contributed by atoms with Gasteiger partial charge in [0.2, 0.25) is 5.91 Å². The van der Waals surface area contributed by atoms with E-state index in [4.69, 9.17) is 0 Å². The predicted octanol–water partition coefficient (Wildman–Crippen LogP) is 0.0676. The summed E-state index contributed by atoms with van der Waals surface area (Å²) in [4.78, 5) is 23.2. The van der Waals surface area contributed by atoms with Gasteiger partial charge in [0, 0.05) is 36.6 Å². The molecule has 1 heterocycles. The molecule has 1 amide bonds. The average Bonchev–Trinajstić information content (AvgIpc) is 2.65. The molecule has 4 nitrogen and oxygen atoms in total. The van der Waals surface area contributed by atoms with Crippen LogP contribution in [0.2, 0.25) is 0 Å². The lowest BCUT2D eigenvalue weighted by atomic mass is 10.1. The summed E-state index contributed by atoms with van der Waals surface area (Å²) in [7, 11) is 0. The van der Waals surface area contributed by atoms with Gasteiger partial charge in [0.15, 0.2) is 11.6 Å². The van der Waals surface area contributed by atoms with Crippen LogP contribution in [-0.4, -0.2) is 18.4 Å². The largest absolute Gasteiger partial charge is 0.550 e. The molecule has 0 aromatic heterocycles. The lowest BCUT2D eigenvalue weighted by Gasteiger charge is -2.17. The number of carboxylic acid groups (broad SMARTS) is 1. The van der Waals surface area contributed by atoms with E-state index in [2.05, 4.69) is 0 Å².